The number of carbonyl (C=O) groups is 2. The molecule has 0 spiro atoms. The number of rotatable bonds is 8. The topological polar surface area (TPSA) is 184 Å². The summed E-state index contributed by atoms with van der Waals surface area (Å²) in [6, 6.07) is 2.77. The van der Waals surface area contributed by atoms with Crippen LogP contribution in [-0.4, -0.2) is 90.5 Å². The Labute approximate surface area is 227 Å². The zero-order valence-electron chi connectivity index (χ0n) is 21.1. The number of primary amides is 1. The first kappa shape index (κ1) is 27.9. The van der Waals surface area contributed by atoms with Crippen molar-refractivity contribution < 1.29 is 29.6 Å². The average Bonchev–Trinajstić information content (AvgIpc) is 3.59. The largest absolute Gasteiger partial charge is 0.405 e. The SMILES string of the molecule is C=CC(=O)N1CN(n2nc(C#Cc3cc4ncn(CC)c4cc3Cl)c(C(N)=O)c2NC)CC1COC(O)(O)O. The van der Waals surface area contributed by atoms with Crippen LogP contribution in [0.5, 0.6) is 0 Å². The van der Waals surface area contributed by atoms with Gasteiger partial charge in [0.2, 0.25) is 5.91 Å². The highest BCUT2D eigenvalue weighted by molar-refractivity contribution is 6.32. The van der Waals surface area contributed by atoms with Gasteiger partial charge in [-0.25, -0.2) is 4.98 Å². The van der Waals surface area contributed by atoms with Crippen LogP contribution in [0, 0.1) is 11.8 Å². The smallest absolute Gasteiger partial charge is 0.371 e. The van der Waals surface area contributed by atoms with Crippen LogP contribution in [0.15, 0.2) is 31.1 Å². The molecule has 1 aliphatic rings. The number of aromatic nitrogens is 4. The summed E-state index contributed by atoms with van der Waals surface area (Å²) >= 11 is 6.47. The first-order chi connectivity index (χ1) is 18.5. The Bertz CT molecular complexity index is 1500. The Morgan fingerprint density at radius 2 is 2.10 bits per heavy atom. The highest BCUT2D eigenvalue weighted by Crippen LogP contribution is 2.25. The van der Waals surface area contributed by atoms with E-state index in [-0.39, 0.29) is 30.3 Å². The molecule has 4 rings (SSSR count). The molecular formula is C24H27ClN8O6. The molecule has 206 valence electrons. The van der Waals surface area contributed by atoms with Crippen LogP contribution in [0.2, 0.25) is 5.02 Å². The van der Waals surface area contributed by atoms with Gasteiger partial charge in [0.15, 0.2) is 11.5 Å². The van der Waals surface area contributed by atoms with Crippen LogP contribution >= 0.6 is 11.6 Å². The monoisotopic (exact) mass is 558 g/mol. The first-order valence-corrected chi connectivity index (χ1v) is 12.1. The highest BCUT2D eigenvalue weighted by Gasteiger charge is 2.37. The van der Waals surface area contributed by atoms with Gasteiger partial charge in [0.25, 0.3) is 5.91 Å². The summed E-state index contributed by atoms with van der Waals surface area (Å²) in [5.74, 6) is 4.75. The highest BCUT2D eigenvalue weighted by atomic mass is 35.5. The molecule has 15 heteroatoms. The minimum absolute atomic E-state index is 0.0128. The minimum Gasteiger partial charge on any atom is -0.371 e. The van der Waals surface area contributed by atoms with E-state index in [1.165, 1.54) is 9.69 Å². The van der Waals surface area contributed by atoms with E-state index in [2.05, 4.69) is 38.6 Å². The summed E-state index contributed by atoms with van der Waals surface area (Å²) in [7, 11) is 1.56. The number of ether oxygens (including phenoxy) is 1. The number of amides is 2. The maximum absolute atomic E-state index is 12.4. The van der Waals surface area contributed by atoms with Crippen molar-refractivity contribution in [3.05, 3.63) is 53.0 Å². The summed E-state index contributed by atoms with van der Waals surface area (Å²) in [4.78, 5) is 31.9. The van der Waals surface area contributed by atoms with Gasteiger partial charge < -0.3 is 40.6 Å². The lowest BCUT2D eigenvalue weighted by Crippen LogP contribution is -2.42. The van der Waals surface area contributed by atoms with Crippen LogP contribution in [0.25, 0.3) is 11.0 Å². The second kappa shape index (κ2) is 10.9. The molecule has 1 aliphatic heterocycles. The van der Waals surface area contributed by atoms with Crippen LogP contribution < -0.4 is 16.1 Å². The van der Waals surface area contributed by atoms with E-state index in [1.807, 2.05) is 11.5 Å². The number of aryl methyl sites for hydroxylation is 1. The number of nitrogens with one attached hydrogen (secondary N) is 1. The zero-order valence-corrected chi connectivity index (χ0v) is 21.9. The molecule has 0 bridgehead atoms. The summed E-state index contributed by atoms with van der Waals surface area (Å²) in [6.07, 6.45) is -0.585. The molecule has 1 unspecified atom stereocenters. The number of fused-ring (bicyclic) bond motifs is 1. The molecule has 0 saturated carbocycles. The van der Waals surface area contributed by atoms with E-state index in [0.29, 0.717) is 16.1 Å². The van der Waals surface area contributed by atoms with Gasteiger partial charge in [0, 0.05) is 19.2 Å². The van der Waals surface area contributed by atoms with E-state index in [9.17, 15) is 9.59 Å². The summed E-state index contributed by atoms with van der Waals surface area (Å²) in [6.45, 7) is 5.79. The van der Waals surface area contributed by atoms with E-state index in [1.54, 1.807) is 30.5 Å². The predicted octanol–water partition coefficient (Wildman–Crippen LogP) is -0.656. The zero-order chi connectivity index (χ0) is 28.5. The number of halogens is 1. The number of hydrogen-bond acceptors (Lipinski definition) is 10. The molecular weight excluding hydrogens is 532 g/mol. The molecule has 0 radical (unpaired) electrons. The lowest BCUT2D eigenvalue weighted by molar-refractivity contribution is -0.455. The van der Waals surface area contributed by atoms with Crippen molar-refractivity contribution in [3.63, 3.8) is 0 Å². The van der Waals surface area contributed by atoms with Gasteiger partial charge in [-0.1, -0.05) is 24.1 Å². The molecule has 0 aliphatic carbocycles. The second-order valence-electron chi connectivity index (χ2n) is 8.56. The molecule has 3 heterocycles. The van der Waals surface area contributed by atoms with Crippen molar-refractivity contribution in [2.45, 2.75) is 25.7 Å². The number of benzene rings is 1. The molecule has 2 aromatic heterocycles. The molecule has 3 aromatic rings. The maximum atomic E-state index is 12.4. The molecule has 2 amide bonds. The normalized spacial score (nSPS) is 15.4. The molecule has 1 atom stereocenters. The molecule has 39 heavy (non-hydrogen) atoms. The van der Waals surface area contributed by atoms with Gasteiger partial charge >= 0.3 is 6.16 Å². The Morgan fingerprint density at radius 3 is 2.72 bits per heavy atom. The van der Waals surface area contributed by atoms with E-state index < -0.39 is 30.6 Å². The van der Waals surface area contributed by atoms with Gasteiger partial charge in [-0.2, -0.15) is 4.79 Å². The maximum Gasteiger partial charge on any atom is 0.405 e. The quantitative estimate of drug-likeness (QED) is 0.135. The number of aliphatic hydroxyl groups is 3. The average molecular weight is 559 g/mol. The van der Waals surface area contributed by atoms with E-state index in [0.717, 1.165) is 18.1 Å². The third-order valence-corrected chi connectivity index (χ3v) is 6.40. The van der Waals surface area contributed by atoms with Gasteiger partial charge in [-0.05, 0) is 31.1 Å². The number of carbonyl (C=O) groups excluding carboxylic acids is 2. The van der Waals surface area contributed by atoms with Crippen molar-refractivity contribution in [2.24, 2.45) is 5.73 Å². The standard InChI is InChI=1S/C24H27ClN8O6/c1-4-20(34)32-13-31(10-15(32)11-39-24(36,37)38)33-23(27-3)21(22(26)35)17(29-33)7-6-14-8-18-19(9-16(14)25)30(5-2)12-28-18/h4,8-9,12,15,27,36-38H,1,5,10-11,13H2,2-3H3,(H2,26,35). The minimum atomic E-state index is -3.38. The number of imidazole rings is 1. The van der Waals surface area contributed by atoms with Crippen molar-refractivity contribution in [2.75, 3.05) is 37.2 Å². The van der Waals surface area contributed by atoms with Crippen molar-refractivity contribution in [3.8, 4) is 11.8 Å². The Kier molecular flexibility index (Phi) is 7.82. The third kappa shape index (κ3) is 5.67. The lowest BCUT2D eigenvalue weighted by atomic mass is 10.1. The van der Waals surface area contributed by atoms with Crippen molar-refractivity contribution >= 4 is 40.3 Å². The van der Waals surface area contributed by atoms with E-state index >= 15 is 0 Å². The van der Waals surface area contributed by atoms with Crippen LogP contribution in [0.4, 0.5) is 5.82 Å². The van der Waals surface area contributed by atoms with Gasteiger partial charge in [-0.15, -0.1) is 5.10 Å². The van der Waals surface area contributed by atoms with Crippen LogP contribution in [-0.2, 0) is 16.1 Å². The fraction of sp³-hybridized carbons (Fsp3) is 0.333. The number of nitrogens with two attached hydrogens (primary N) is 1. The Morgan fingerprint density at radius 1 is 1.36 bits per heavy atom. The fourth-order valence-electron chi connectivity index (χ4n) is 4.26. The van der Waals surface area contributed by atoms with Crippen LogP contribution in [0.3, 0.4) is 0 Å². The van der Waals surface area contributed by atoms with Crippen LogP contribution in [0.1, 0.15) is 28.5 Å². The Balaban J connectivity index is 1.72. The molecule has 1 aromatic carbocycles. The summed E-state index contributed by atoms with van der Waals surface area (Å²) in [5.41, 5.74) is 7.79. The van der Waals surface area contributed by atoms with Gasteiger partial charge in [0.1, 0.15) is 12.2 Å². The van der Waals surface area contributed by atoms with Gasteiger partial charge in [-0.3, -0.25) is 14.6 Å². The molecule has 14 nitrogen and oxygen atoms in total. The Hall–Kier alpha value is -4.13. The third-order valence-electron chi connectivity index (χ3n) is 6.09. The molecule has 1 saturated heterocycles. The summed E-state index contributed by atoms with van der Waals surface area (Å²) < 4.78 is 6.58. The number of anilines is 1. The second-order valence-corrected chi connectivity index (χ2v) is 8.97. The summed E-state index contributed by atoms with van der Waals surface area (Å²) in [5, 5.41) is 36.7. The van der Waals surface area contributed by atoms with Gasteiger partial charge in [0.05, 0.1) is 41.6 Å². The molecule has 1 fully saturated rings. The van der Waals surface area contributed by atoms with E-state index in [4.69, 9.17) is 32.7 Å². The van der Waals surface area contributed by atoms with Crippen molar-refractivity contribution in [1.82, 2.24) is 24.3 Å². The number of nitrogens with zero attached hydrogens (tertiary/aromatic N) is 6. The first-order valence-electron chi connectivity index (χ1n) is 11.7. The molecule has 6 N–H and O–H groups in total. The van der Waals surface area contributed by atoms with Crippen molar-refractivity contribution in [1.29, 1.82) is 0 Å². The number of hydrogen-bond donors (Lipinski definition) is 5. The predicted molar refractivity (Wildman–Crippen MR) is 141 cm³/mol. The lowest BCUT2D eigenvalue weighted by Gasteiger charge is -2.23. The fourth-order valence-corrected chi connectivity index (χ4v) is 4.46.